The van der Waals surface area contributed by atoms with E-state index in [1.807, 2.05) is 37.3 Å². The lowest BCUT2D eigenvalue weighted by atomic mass is 10.1. The second-order valence-corrected chi connectivity index (χ2v) is 6.69. The van der Waals surface area contributed by atoms with Crippen LogP contribution in [0.3, 0.4) is 0 Å². The fourth-order valence-electron chi connectivity index (χ4n) is 3.14. The Kier molecular flexibility index (Phi) is 6.01. The van der Waals surface area contributed by atoms with Crippen LogP contribution in [-0.2, 0) is 16.1 Å². The topological polar surface area (TPSA) is 40.6 Å². The van der Waals surface area contributed by atoms with Crippen molar-refractivity contribution in [3.63, 3.8) is 0 Å². The first-order chi connectivity index (χ1) is 13.0. The predicted octanol–water partition coefficient (Wildman–Crippen LogP) is 3.57. The van der Waals surface area contributed by atoms with Gasteiger partial charge in [-0.25, -0.2) is 4.39 Å². The molecule has 2 aromatic carbocycles. The zero-order valence-electron chi connectivity index (χ0n) is 15.4. The maximum Gasteiger partial charge on any atom is 0.282 e. The average molecular weight is 366 g/mol. The summed E-state index contributed by atoms with van der Waals surface area (Å²) < 4.78 is 14.4. The maximum absolute atomic E-state index is 14.4. The van der Waals surface area contributed by atoms with Crippen molar-refractivity contribution in [2.45, 2.75) is 19.9 Å². The van der Waals surface area contributed by atoms with E-state index in [1.54, 1.807) is 29.2 Å². The van der Waals surface area contributed by atoms with Crippen LogP contribution in [0.25, 0.3) is 6.08 Å². The summed E-state index contributed by atoms with van der Waals surface area (Å²) in [5.74, 6) is -1.48. The van der Waals surface area contributed by atoms with Crippen molar-refractivity contribution in [3.05, 3.63) is 77.1 Å². The highest BCUT2D eigenvalue weighted by Gasteiger charge is 2.26. The van der Waals surface area contributed by atoms with Crippen molar-refractivity contribution in [1.82, 2.24) is 9.80 Å². The van der Waals surface area contributed by atoms with E-state index < -0.39 is 11.7 Å². The molecule has 0 radical (unpaired) electrons. The van der Waals surface area contributed by atoms with Gasteiger partial charge in [0.15, 0.2) is 5.83 Å². The van der Waals surface area contributed by atoms with Gasteiger partial charge in [-0.2, -0.15) is 0 Å². The number of aryl methyl sites for hydroxylation is 1. The molecule has 1 saturated heterocycles. The Hall–Kier alpha value is -2.95. The van der Waals surface area contributed by atoms with E-state index >= 15 is 0 Å². The molecule has 140 valence electrons. The maximum atomic E-state index is 14.4. The van der Waals surface area contributed by atoms with E-state index in [0.29, 0.717) is 25.2 Å². The molecule has 0 bridgehead atoms. The normalized spacial score (nSPS) is 15.6. The Morgan fingerprint density at radius 2 is 1.74 bits per heavy atom. The molecule has 0 aliphatic carbocycles. The molecular formula is C22H23FN2O2. The zero-order chi connectivity index (χ0) is 19.2. The highest BCUT2D eigenvalue weighted by molar-refractivity contribution is 5.96. The lowest BCUT2D eigenvalue weighted by Crippen LogP contribution is -2.36. The van der Waals surface area contributed by atoms with Gasteiger partial charge in [0, 0.05) is 32.6 Å². The molecule has 0 spiro atoms. The van der Waals surface area contributed by atoms with Crippen molar-refractivity contribution in [3.8, 4) is 0 Å². The van der Waals surface area contributed by atoms with E-state index in [0.717, 1.165) is 11.1 Å². The largest absolute Gasteiger partial charge is 0.337 e. The summed E-state index contributed by atoms with van der Waals surface area (Å²) in [5, 5.41) is 0. The summed E-state index contributed by atoms with van der Waals surface area (Å²) in [6.45, 7) is 3.48. The molecule has 4 nitrogen and oxygen atoms in total. The third-order valence-electron chi connectivity index (χ3n) is 4.80. The van der Waals surface area contributed by atoms with Crippen LogP contribution < -0.4 is 0 Å². The number of halogens is 1. The molecule has 1 heterocycles. The third-order valence-corrected chi connectivity index (χ3v) is 4.80. The smallest absolute Gasteiger partial charge is 0.282 e. The Morgan fingerprint density at radius 1 is 1.04 bits per heavy atom. The number of nitrogens with zero attached hydrogens (tertiary/aromatic N) is 2. The summed E-state index contributed by atoms with van der Waals surface area (Å²) in [5.41, 5.74) is 2.84. The van der Waals surface area contributed by atoms with Crippen LogP contribution in [0.15, 0.2) is 60.4 Å². The molecule has 0 unspecified atom stereocenters. The number of hydrogen-bond acceptors (Lipinski definition) is 2. The molecule has 0 aromatic heterocycles. The molecule has 0 N–H and O–H groups in total. The van der Waals surface area contributed by atoms with Gasteiger partial charge in [0.1, 0.15) is 0 Å². The van der Waals surface area contributed by atoms with Gasteiger partial charge >= 0.3 is 0 Å². The minimum absolute atomic E-state index is 0.0130. The standard InChI is InChI=1S/C22H23FN2O2/c1-17-7-5-6-10-19(17)16-25-14-13-24(12-11-21(25)26)22(27)20(23)15-18-8-3-2-4-9-18/h2-10,15H,11-14,16H2,1H3. The number of carbonyl (C=O) groups excluding carboxylic acids is 2. The average Bonchev–Trinajstić information content (AvgIpc) is 2.86. The van der Waals surface area contributed by atoms with E-state index in [9.17, 15) is 14.0 Å². The zero-order valence-corrected chi connectivity index (χ0v) is 15.4. The highest BCUT2D eigenvalue weighted by atomic mass is 19.1. The van der Waals surface area contributed by atoms with Crippen molar-refractivity contribution < 1.29 is 14.0 Å². The van der Waals surface area contributed by atoms with Crippen molar-refractivity contribution >= 4 is 17.9 Å². The van der Waals surface area contributed by atoms with Crippen LogP contribution in [0.2, 0.25) is 0 Å². The summed E-state index contributed by atoms with van der Waals surface area (Å²) >= 11 is 0. The SMILES string of the molecule is Cc1ccccc1CN1CCN(C(=O)C(F)=Cc2ccccc2)CCC1=O. The van der Waals surface area contributed by atoms with Crippen LogP contribution in [0.1, 0.15) is 23.1 Å². The van der Waals surface area contributed by atoms with Gasteiger partial charge in [-0.05, 0) is 29.7 Å². The van der Waals surface area contributed by atoms with Crippen LogP contribution >= 0.6 is 0 Å². The van der Waals surface area contributed by atoms with E-state index in [1.165, 1.54) is 11.0 Å². The first kappa shape index (κ1) is 18.8. The number of carbonyl (C=O) groups is 2. The van der Waals surface area contributed by atoms with Gasteiger partial charge in [-0.3, -0.25) is 9.59 Å². The molecular weight excluding hydrogens is 343 g/mol. The molecule has 1 fully saturated rings. The van der Waals surface area contributed by atoms with Crippen LogP contribution in [0, 0.1) is 6.92 Å². The van der Waals surface area contributed by atoms with Crippen LogP contribution in [0.4, 0.5) is 4.39 Å². The minimum Gasteiger partial charge on any atom is -0.337 e. The Balaban J connectivity index is 1.66. The molecule has 3 rings (SSSR count). The van der Waals surface area contributed by atoms with E-state index in [2.05, 4.69) is 0 Å². The number of amides is 2. The van der Waals surface area contributed by atoms with Gasteiger partial charge in [0.05, 0.1) is 0 Å². The molecule has 2 aromatic rings. The lowest BCUT2D eigenvalue weighted by Gasteiger charge is -2.22. The summed E-state index contributed by atoms with van der Waals surface area (Å²) in [6, 6.07) is 16.8. The lowest BCUT2D eigenvalue weighted by molar-refractivity contribution is -0.130. The van der Waals surface area contributed by atoms with Gasteiger partial charge in [-0.15, -0.1) is 0 Å². The number of hydrogen-bond donors (Lipinski definition) is 0. The molecule has 2 amide bonds. The molecule has 1 aliphatic rings. The monoisotopic (exact) mass is 366 g/mol. The molecule has 0 atom stereocenters. The highest BCUT2D eigenvalue weighted by Crippen LogP contribution is 2.16. The second kappa shape index (κ2) is 8.62. The summed E-state index contributed by atoms with van der Waals surface area (Å²) in [7, 11) is 0. The number of rotatable bonds is 4. The first-order valence-corrected chi connectivity index (χ1v) is 9.08. The molecule has 0 saturated carbocycles. The minimum atomic E-state index is -0.805. The molecule has 27 heavy (non-hydrogen) atoms. The van der Waals surface area contributed by atoms with Crippen molar-refractivity contribution in [2.75, 3.05) is 19.6 Å². The summed E-state index contributed by atoms with van der Waals surface area (Å²) in [4.78, 5) is 28.0. The van der Waals surface area contributed by atoms with E-state index in [-0.39, 0.29) is 18.9 Å². The predicted molar refractivity (Wildman–Crippen MR) is 103 cm³/mol. The molecule has 5 heteroatoms. The number of benzene rings is 2. The quantitative estimate of drug-likeness (QED) is 0.776. The van der Waals surface area contributed by atoms with Crippen LogP contribution in [-0.4, -0.2) is 41.2 Å². The Bertz CT molecular complexity index is 848. The van der Waals surface area contributed by atoms with Gasteiger partial charge < -0.3 is 9.80 Å². The van der Waals surface area contributed by atoms with Crippen molar-refractivity contribution in [2.24, 2.45) is 0 Å². The van der Waals surface area contributed by atoms with Gasteiger partial charge in [0.2, 0.25) is 5.91 Å². The fourth-order valence-corrected chi connectivity index (χ4v) is 3.14. The first-order valence-electron chi connectivity index (χ1n) is 9.08. The van der Waals surface area contributed by atoms with E-state index in [4.69, 9.17) is 0 Å². The Morgan fingerprint density at radius 3 is 2.48 bits per heavy atom. The second-order valence-electron chi connectivity index (χ2n) is 6.69. The van der Waals surface area contributed by atoms with Crippen LogP contribution in [0.5, 0.6) is 0 Å². The summed E-state index contributed by atoms with van der Waals surface area (Å²) in [6.07, 6.45) is 1.44. The third kappa shape index (κ3) is 4.82. The van der Waals surface area contributed by atoms with Crippen molar-refractivity contribution in [1.29, 1.82) is 0 Å². The fraction of sp³-hybridized carbons (Fsp3) is 0.273. The van der Waals surface area contributed by atoms with Gasteiger partial charge in [-0.1, -0.05) is 54.6 Å². The Labute approximate surface area is 158 Å². The molecule has 1 aliphatic heterocycles. The van der Waals surface area contributed by atoms with Gasteiger partial charge in [0.25, 0.3) is 5.91 Å².